The summed E-state index contributed by atoms with van der Waals surface area (Å²) in [5.74, 6) is 5.25. The van der Waals surface area contributed by atoms with Gasteiger partial charge in [0, 0.05) is 0 Å². The summed E-state index contributed by atoms with van der Waals surface area (Å²) >= 11 is 0. The van der Waals surface area contributed by atoms with Crippen LogP contribution < -0.4 is 0 Å². The highest BCUT2D eigenvalue weighted by molar-refractivity contribution is 5.34. The van der Waals surface area contributed by atoms with Gasteiger partial charge in [0.15, 0.2) is 0 Å². The highest BCUT2D eigenvalue weighted by Gasteiger charge is 2.38. The lowest BCUT2D eigenvalue weighted by Gasteiger charge is -2.45. The van der Waals surface area contributed by atoms with Gasteiger partial charge < -0.3 is 0 Å². The molecule has 0 amide bonds. The zero-order chi connectivity index (χ0) is 17.9. The zero-order valence-electron chi connectivity index (χ0n) is 17.3. The maximum absolute atomic E-state index is 2.50. The van der Waals surface area contributed by atoms with E-state index in [4.69, 9.17) is 0 Å². The third-order valence-electron chi connectivity index (χ3n) is 8.34. The molecule has 1 aromatic rings. The number of hydrogen-bond acceptors (Lipinski definition) is 0. The number of hydrogen-bond donors (Lipinski definition) is 0. The van der Waals surface area contributed by atoms with E-state index in [1.807, 2.05) is 0 Å². The average molecular weight is 353 g/mol. The lowest BCUT2D eigenvalue weighted by molar-refractivity contribution is 0.0691. The highest BCUT2D eigenvalue weighted by Crippen LogP contribution is 2.49. The highest BCUT2D eigenvalue weighted by atomic mass is 14.4. The first-order valence-corrected chi connectivity index (χ1v) is 11.9. The number of unbranched alkanes of at least 4 members (excludes halogenated alkanes) is 1. The van der Waals surface area contributed by atoms with E-state index in [0.717, 1.165) is 29.6 Å². The maximum atomic E-state index is 2.50. The molecule has 0 aromatic heterocycles. The van der Waals surface area contributed by atoms with E-state index in [-0.39, 0.29) is 0 Å². The van der Waals surface area contributed by atoms with Crippen LogP contribution >= 0.6 is 0 Å². The van der Waals surface area contributed by atoms with Crippen molar-refractivity contribution in [1.29, 1.82) is 0 Å². The van der Waals surface area contributed by atoms with Crippen molar-refractivity contribution in [2.75, 3.05) is 0 Å². The molecule has 3 unspecified atom stereocenters. The summed E-state index contributed by atoms with van der Waals surface area (Å²) in [5, 5.41) is 0. The number of benzene rings is 1. The summed E-state index contributed by atoms with van der Waals surface area (Å²) in [6.45, 7) is 4.63. The molecule has 0 saturated heterocycles. The molecule has 0 spiro atoms. The molecule has 0 radical (unpaired) electrons. The van der Waals surface area contributed by atoms with Crippen LogP contribution in [0.2, 0.25) is 0 Å². The minimum absolute atomic E-state index is 0.980. The van der Waals surface area contributed by atoms with Crippen LogP contribution in [0.15, 0.2) is 18.2 Å². The fourth-order valence-corrected chi connectivity index (χ4v) is 6.66. The quantitative estimate of drug-likeness (QED) is 0.518. The van der Waals surface area contributed by atoms with Gasteiger partial charge in [-0.1, -0.05) is 57.7 Å². The molecule has 0 heteroatoms. The Labute approximate surface area is 162 Å². The lowest BCUT2D eigenvalue weighted by atomic mass is 9.61. The van der Waals surface area contributed by atoms with Gasteiger partial charge in [0.1, 0.15) is 0 Å². The lowest BCUT2D eigenvalue weighted by Crippen LogP contribution is -2.35. The molecule has 0 N–H and O–H groups in total. The van der Waals surface area contributed by atoms with Crippen molar-refractivity contribution in [3.05, 3.63) is 34.9 Å². The van der Waals surface area contributed by atoms with Crippen LogP contribution in [0.3, 0.4) is 0 Å². The molecular weight excluding hydrogens is 312 g/mol. The zero-order valence-corrected chi connectivity index (χ0v) is 17.3. The van der Waals surface area contributed by atoms with Crippen molar-refractivity contribution >= 4 is 0 Å². The molecule has 2 fully saturated rings. The molecule has 0 nitrogen and oxygen atoms in total. The Morgan fingerprint density at radius 1 is 0.808 bits per heavy atom. The SMILES string of the molecule is CCCC[C@@H]1CC[C@@H]2CC(C3CCc4cc(CC)ccc4C3)CCC2C1. The van der Waals surface area contributed by atoms with Gasteiger partial charge in [0.2, 0.25) is 0 Å². The van der Waals surface area contributed by atoms with Crippen molar-refractivity contribution in [3.63, 3.8) is 0 Å². The molecular formula is C26H40. The first-order chi connectivity index (χ1) is 12.8. The predicted octanol–water partition coefficient (Wildman–Crippen LogP) is 7.38. The van der Waals surface area contributed by atoms with Crippen LogP contribution in [-0.4, -0.2) is 0 Å². The molecule has 26 heavy (non-hydrogen) atoms. The summed E-state index contributed by atoms with van der Waals surface area (Å²) in [6.07, 6.45) is 19.1. The summed E-state index contributed by atoms with van der Waals surface area (Å²) in [5.41, 5.74) is 4.89. The minimum Gasteiger partial charge on any atom is -0.0654 e. The van der Waals surface area contributed by atoms with E-state index in [2.05, 4.69) is 32.0 Å². The summed E-state index contributed by atoms with van der Waals surface area (Å²) in [6, 6.07) is 7.35. The fraction of sp³-hybridized carbons (Fsp3) is 0.769. The standard InChI is InChI=1S/C26H40/c1-3-5-6-20-8-10-24-18-26(14-12-22(24)16-20)25-13-11-21-15-19(4-2)7-9-23(21)17-25/h7,9,15,20,22,24-26H,3-6,8,10-14,16-18H2,1-2H3/t20-,22?,24-,25?,26?/m1/s1. The van der Waals surface area contributed by atoms with Crippen molar-refractivity contribution < 1.29 is 0 Å². The number of fused-ring (bicyclic) bond motifs is 2. The molecule has 144 valence electrons. The third-order valence-corrected chi connectivity index (χ3v) is 8.34. The first-order valence-electron chi connectivity index (χ1n) is 11.9. The Hall–Kier alpha value is -0.780. The smallest absolute Gasteiger partial charge is 0.0245 e. The van der Waals surface area contributed by atoms with E-state index in [1.165, 1.54) is 56.9 Å². The molecule has 4 rings (SSSR count). The topological polar surface area (TPSA) is 0 Å². The monoisotopic (exact) mass is 352 g/mol. The second-order valence-electron chi connectivity index (χ2n) is 9.87. The van der Waals surface area contributed by atoms with Gasteiger partial charge in [0.05, 0.1) is 0 Å². The van der Waals surface area contributed by atoms with Crippen molar-refractivity contribution in [3.8, 4) is 0 Å². The van der Waals surface area contributed by atoms with Gasteiger partial charge in [-0.15, -0.1) is 0 Å². The minimum atomic E-state index is 0.980. The predicted molar refractivity (Wildman–Crippen MR) is 113 cm³/mol. The summed E-state index contributed by atoms with van der Waals surface area (Å²) < 4.78 is 0. The van der Waals surface area contributed by atoms with E-state index in [9.17, 15) is 0 Å². The molecule has 3 aliphatic carbocycles. The molecule has 1 aromatic carbocycles. The van der Waals surface area contributed by atoms with Crippen molar-refractivity contribution in [2.24, 2.45) is 29.6 Å². The van der Waals surface area contributed by atoms with Crippen LogP contribution in [0.25, 0.3) is 0 Å². The normalized spacial score (nSPS) is 34.2. The van der Waals surface area contributed by atoms with Crippen molar-refractivity contribution in [2.45, 2.75) is 97.3 Å². The summed E-state index contributed by atoms with van der Waals surface area (Å²) in [7, 11) is 0. The van der Waals surface area contributed by atoms with Crippen LogP contribution in [0.1, 0.15) is 94.7 Å². The molecule has 3 aliphatic rings. The summed E-state index contributed by atoms with van der Waals surface area (Å²) in [4.78, 5) is 0. The van der Waals surface area contributed by atoms with E-state index < -0.39 is 0 Å². The largest absolute Gasteiger partial charge is 0.0654 e. The Balaban J connectivity index is 1.33. The molecule has 0 aliphatic heterocycles. The first kappa shape index (κ1) is 18.6. The Bertz CT molecular complexity index is 586. The van der Waals surface area contributed by atoms with Crippen LogP contribution in [0.5, 0.6) is 0 Å². The molecule has 0 heterocycles. The van der Waals surface area contributed by atoms with E-state index in [1.54, 1.807) is 43.2 Å². The molecule has 2 saturated carbocycles. The van der Waals surface area contributed by atoms with Gasteiger partial charge in [-0.25, -0.2) is 0 Å². The van der Waals surface area contributed by atoms with Gasteiger partial charge >= 0.3 is 0 Å². The van der Waals surface area contributed by atoms with Gasteiger partial charge in [-0.3, -0.25) is 0 Å². The van der Waals surface area contributed by atoms with Crippen LogP contribution in [-0.2, 0) is 19.3 Å². The second kappa shape index (κ2) is 8.49. The molecule has 0 bridgehead atoms. The maximum Gasteiger partial charge on any atom is -0.0245 e. The van der Waals surface area contributed by atoms with E-state index in [0.29, 0.717) is 0 Å². The average Bonchev–Trinajstić information content (AvgIpc) is 2.70. The van der Waals surface area contributed by atoms with Crippen molar-refractivity contribution in [1.82, 2.24) is 0 Å². The Morgan fingerprint density at radius 2 is 1.58 bits per heavy atom. The van der Waals surface area contributed by atoms with E-state index >= 15 is 0 Å². The van der Waals surface area contributed by atoms with Gasteiger partial charge in [0.25, 0.3) is 0 Å². The Morgan fingerprint density at radius 3 is 2.38 bits per heavy atom. The third kappa shape index (κ3) is 4.05. The second-order valence-corrected chi connectivity index (χ2v) is 9.87. The van der Waals surface area contributed by atoms with Crippen LogP contribution in [0.4, 0.5) is 0 Å². The Kier molecular flexibility index (Phi) is 6.07. The van der Waals surface area contributed by atoms with Gasteiger partial charge in [-0.05, 0) is 104 Å². The van der Waals surface area contributed by atoms with Crippen LogP contribution in [0, 0.1) is 29.6 Å². The fourth-order valence-electron chi connectivity index (χ4n) is 6.66. The van der Waals surface area contributed by atoms with Gasteiger partial charge in [-0.2, -0.15) is 0 Å². The number of rotatable bonds is 5. The molecule has 5 atom stereocenters. The number of aryl methyl sites for hydroxylation is 2.